The van der Waals surface area contributed by atoms with Crippen LogP contribution in [0, 0.1) is 0 Å². The van der Waals surface area contributed by atoms with Crippen LogP contribution in [-0.4, -0.2) is 40.4 Å². The summed E-state index contributed by atoms with van der Waals surface area (Å²) in [6.07, 6.45) is 8.10. The number of hydrogen-bond acceptors (Lipinski definition) is 3. The van der Waals surface area contributed by atoms with Crippen molar-refractivity contribution < 1.29 is 0 Å². The zero-order valence-electron chi connectivity index (χ0n) is 15.3. The van der Waals surface area contributed by atoms with E-state index in [-0.39, 0.29) is 5.41 Å². The standard InChI is InChI=1S/C19H27BrN6/c1-2-21-18(22-11-5-6-12-26-14-24-25-15-26)23-13-19(9-10-19)16-7-3-4-8-17(16)20/h3-4,7-8,14-15H,2,5-6,9-13H2,1H3,(H2,21,22,23). The average Bonchev–Trinajstić information content (AvgIpc) is 3.25. The largest absolute Gasteiger partial charge is 0.357 e. The lowest BCUT2D eigenvalue weighted by molar-refractivity contribution is 0.596. The third kappa shape index (κ3) is 5.06. The van der Waals surface area contributed by atoms with Gasteiger partial charge in [-0.15, -0.1) is 10.2 Å². The average molecular weight is 419 g/mol. The summed E-state index contributed by atoms with van der Waals surface area (Å²) in [7, 11) is 0. The SMILES string of the molecule is CCNC(=NCC1(c2ccccc2Br)CC1)NCCCCn1cnnc1. The van der Waals surface area contributed by atoms with E-state index in [1.54, 1.807) is 12.7 Å². The molecule has 6 nitrogen and oxygen atoms in total. The third-order valence-corrected chi connectivity index (χ3v) is 5.48. The van der Waals surface area contributed by atoms with Gasteiger partial charge in [-0.25, -0.2) is 0 Å². The van der Waals surface area contributed by atoms with E-state index in [2.05, 4.69) is 68.0 Å². The Balaban J connectivity index is 1.48. The summed E-state index contributed by atoms with van der Waals surface area (Å²) >= 11 is 3.69. The highest BCUT2D eigenvalue weighted by Crippen LogP contribution is 2.50. The van der Waals surface area contributed by atoms with Crippen molar-refractivity contribution in [2.75, 3.05) is 19.6 Å². The molecule has 0 spiro atoms. The van der Waals surface area contributed by atoms with Crippen LogP contribution in [0.25, 0.3) is 0 Å². The van der Waals surface area contributed by atoms with E-state index in [1.807, 2.05) is 4.57 Å². The summed E-state index contributed by atoms with van der Waals surface area (Å²) in [5.41, 5.74) is 1.59. The highest BCUT2D eigenvalue weighted by atomic mass is 79.9. The van der Waals surface area contributed by atoms with Crippen LogP contribution >= 0.6 is 15.9 Å². The predicted octanol–water partition coefficient (Wildman–Crippen LogP) is 3.11. The molecule has 2 N–H and O–H groups in total. The van der Waals surface area contributed by atoms with Crippen LogP contribution in [0.5, 0.6) is 0 Å². The van der Waals surface area contributed by atoms with Gasteiger partial charge >= 0.3 is 0 Å². The molecule has 1 aliphatic carbocycles. The number of nitrogens with zero attached hydrogens (tertiary/aromatic N) is 4. The summed E-state index contributed by atoms with van der Waals surface area (Å²) in [6, 6.07) is 8.53. The van der Waals surface area contributed by atoms with Crippen LogP contribution in [0.4, 0.5) is 0 Å². The van der Waals surface area contributed by atoms with Crippen molar-refractivity contribution >= 4 is 21.9 Å². The zero-order chi connectivity index (χ0) is 18.2. The van der Waals surface area contributed by atoms with E-state index < -0.39 is 0 Å². The molecule has 7 heteroatoms. The van der Waals surface area contributed by atoms with Crippen LogP contribution in [0.2, 0.25) is 0 Å². The fraction of sp³-hybridized carbons (Fsp3) is 0.526. The van der Waals surface area contributed by atoms with Gasteiger partial charge in [0.15, 0.2) is 5.96 Å². The number of guanidine groups is 1. The van der Waals surface area contributed by atoms with Gasteiger partial charge in [-0.1, -0.05) is 34.1 Å². The smallest absolute Gasteiger partial charge is 0.191 e. The molecule has 0 aliphatic heterocycles. The zero-order valence-corrected chi connectivity index (χ0v) is 16.9. The number of nitrogens with one attached hydrogen (secondary N) is 2. The first-order chi connectivity index (χ1) is 12.7. The second-order valence-corrected chi connectivity index (χ2v) is 7.64. The minimum absolute atomic E-state index is 0.205. The van der Waals surface area contributed by atoms with Crippen LogP contribution in [0.15, 0.2) is 46.4 Å². The van der Waals surface area contributed by atoms with Crippen molar-refractivity contribution in [2.24, 2.45) is 4.99 Å². The molecular formula is C19H27BrN6. The van der Waals surface area contributed by atoms with Gasteiger partial charge in [-0.3, -0.25) is 4.99 Å². The lowest BCUT2D eigenvalue weighted by Crippen LogP contribution is -2.38. The summed E-state index contributed by atoms with van der Waals surface area (Å²) in [4.78, 5) is 4.86. The van der Waals surface area contributed by atoms with Crippen molar-refractivity contribution in [1.29, 1.82) is 0 Å². The second-order valence-electron chi connectivity index (χ2n) is 6.79. The summed E-state index contributed by atoms with van der Waals surface area (Å²) < 4.78 is 3.20. The number of aromatic nitrogens is 3. The van der Waals surface area contributed by atoms with Gasteiger partial charge in [-0.2, -0.15) is 0 Å². The molecule has 0 unspecified atom stereocenters. The Hall–Kier alpha value is -1.89. The van der Waals surface area contributed by atoms with Crippen molar-refractivity contribution in [3.63, 3.8) is 0 Å². The van der Waals surface area contributed by atoms with E-state index in [9.17, 15) is 0 Å². The second kappa shape index (κ2) is 9.16. The Morgan fingerprint density at radius 1 is 1.19 bits per heavy atom. The van der Waals surface area contributed by atoms with Gasteiger partial charge < -0.3 is 15.2 Å². The summed E-state index contributed by atoms with van der Waals surface area (Å²) in [5, 5.41) is 14.5. The van der Waals surface area contributed by atoms with E-state index in [4.69, 9.17) is 4.99 Å². The monoisotopic (exact) mass is 418 g/mol. The minimum atomic E-state index is 0.205. The topological polar surface area (TPSA) is 67.1 Å². The molecule has 1 heterocycles. The van der Waals surface area contributed by atoms with Crippen molar-refractivity contribution in [2.45, 2.75) is 44.6 Å². The minimum Gasteiger partial charge on any atom is -0.357 e. The molecule has 1 aromatic carbocycles. The van der Waals surface area contributed by atoms with Crippen molar-refractivity contribution in [3.05, 3.63) is 47.0 Å². The quantitative estimate of drug-likeness (QED) is 0.373. The van der Waals surface area contributed by atoms with E-state index in [0.717, 1.165) is 45.0 Å². The fourth-order valence-corrected chi connectivity index (χ4v) is 3.80. The molecule has 2 aromatic rings. The molecule has 0 amide bonds. The number of halogens is 1. The maximum absolute atomic E-state index is 4.86. The van der Waals surface area contributed by atoms with Gasteiger partial charge in [0.05, 0.1) is 6.54 Å². The third-order valence-electron chi connectivity index (χ3n) is 4.78. The lowest BCUT2D eigenvalue weighted by atomic mass is 9.96. The molecule has 1 fully saturated rings. The molecule has 140 valence electrons. The van der Waals surface area contributed by atoms with Gasteiger partial charge in [0.2, 0.25) is 0 Å². The van der Waals surface area contributed by atoms with Crippen LogP contribution in [0.3, 0.4) is 0 Å². The molecule has 3 rings (SSSR count). The maximum Gasteiger partial charge on any atom is 0.191 e. The first-order valence-corrected chi connectivity index (χ1v) is 10.1. The number of aliphatic imine (C=N–C) groups is 1. The lowest BCUT2D eigenvalue weighted by Gasteiger charge is -2.17. The van der Waals surface area contributed by atoms with Crippen LogP contribution < -0.4 is 10.6 Å². The molecule has 1 aromatic heterocycles. The van der Waals surface area contributed by atoms with Crippen LogP contribution in [0.1, 0.15) is 38.2 Å². The molecule has 0 bridgehead atoms. The number of hydrogen-bond donors (Lipinski definition) is 2. The first kappa shape index (κ1) is 18.9. The first-order valence-electron chi connectivity index (χ1n) is 9.33. The Bertz CT molecular complexity index is 709. The Labute approximate surface area is 163 Å². The Morgan fingerprint density at radius 3 is 2.65 bits per heavy atom. The summed E-state index contributed by atoms with van der Waals surface area (Å²) in [6.45, 7) is 5.66. The highest BCUT2D eigenvalue weighted by Gasteiger charge is 2.45. The number of benzene rings is 1. The molecule has 0 radical (unpaired) electrons. The number of rotatable bonds is 9. The van der Waals surface area contributed by atoms with Gasteiger partial charge in [-0.05, 0) is 44.2 Å². The molecule has 0 atom stereocenters. The van der Waals surface area contributed by atoms with Crippen molar-refractivity contribution in [1.82, 2.24) is 25.4 Å². The Morgan fingerprint density at radius 2 is 1.96 bits per heavy atom. The van der Waals surface area contributed by atoms with Gasteiger partial charge in [0.1, 0.15) is 12.7 Å². The van der Waals surface area contributed by atoms with Gasteiger partial charge in [0, 0.05) is 29.5 Å². The van der Waals surface area contributed by atoms with E-state index >= 15 is 0 Å². The van der Waals surface area contributed by atoms with E-state index in [0.29, 0.717) is 0 Å². The molecule has 1 aliphatic rings. The Kier molecular flexibility index (Phi) is 6.66. The molecule has 1 saturated carbocycles. The molecule has 26 heavy (non-hydrogen) atoms. The van der Waals surface area contributed by atoms with Crippen LogP contribution in [-0.2, 0) is 12.0 Å². The van der Waals surface area contributed by atoms with E-state index in [1.165, 1.54) is 22.9 Å². The number of aryl methyl sites for hydroxylation is 1. The summed E-state index contributed by atoms with van der Waals surface area (Å²) in [5.74, 6) is 0.912. The fourth-order valence-electron chi connectivity index (χ4n) is 3.09. The molecule has 0 saturated heterocycles. The normalized spacial score (nSPS) is 15.7. The van der Waals surface area contributed by atoms with Gasteiger partial charge in [0.25, 0.3) is 0 Å². The predicted molar refractivity (Wildman–Crippen MR) is 108 cm³/mol. The maximum atomic E-state index is 4.86. The highest BCUT2D eigenvalue weighted by molar-refractivity contribution is 9.10. The molecular weight excluding hydrogens is 392 g/mol. The van der Waals surface area contributed by atoms with Crippen molar-refractivity contribution in [3.8, 4) is 0 Å². The number of unbranched alkanes of at least 4 members (excludes halogenated alkanes) is 1.